The molecule has 1 aromatic rings. The molecule has 0 atom stereocenters. The molecular formula is C7H6N2O2S. The lowest BCUT2D eigenvalue weighted by Crippen LogP contribution is -2.08. The lowest BCUT2D eigenvalue weighted by Gasteiger charge is -1.99. The summed E-state index contributed by atoms with van der Waals surface area (Å²) in [6.07, 6.45) is 1.51. The zero-order valence-corrected chi connectivity index (χ0v) is 6.91. The van der Waals surface area contributed by atoms with Gasteiger partial charge in [-0.2, -0.15) is 0 Å². The van der Waals surface area contributed by atoms with E-state index < -0.39 is 5.30 Å². The highest BCUT2D eigenvalue weighted by molar-refractivity contribution is 7.96. The van der Waals surface area contributed by atoms with Gasteiger partial charge in [0, 0.05) is 6.20 Å². The summed E-state index contributed by atoms with van der Waals surface area (Å²) in [5.74, 6) is -0.296. The largest absolute Gasteiger partial charge is 0.398 e. The van der Waals surface area contributed by atoms with Crippen molar-refractivity contribution in [3.05, 3.63) is 30.1 Å². The number of nitrogens with zero attached hydrogens (tertiary/aromatic N) is 1. The first-order valence-corrected chi connectivity index (χ1v) is 3.55. The van der Waals surface area contributed by atoms with Crippen molar-refractivity contribution >= 4 is 23.8 Å². The Bertz CT molecular complexity index is 300. The molecule has 0 fully saturated rings. The number of nitrogens with one attached hydrogen (secondary N) is 1. The third-order valence-electron chi connectivity index (χ3n) is 1.09. The summed E-state index contributed by atoms with van der Waals surface area (Å²) in [7, 11) is 0. The summed E-state index contributed by atoms with van der Waals surface area (Å²) in [4.78, 5) is 14.1. The second-order valence-electron chi connectivity index (χ2n) is 1.91. The van der Waals surface area contributed by atoms with Crippen LogP contribution in [0.5, 0.6) is 0 Å². The molecule has 0 bridgehead atoms. The molecule has 5 heteroatoms. The average molecular weight is 182 g/mol. The van der Waals surface area contributed by atoms with E-state index in [2.05, 4.69) is 22.3 Å². The van der Waals surface area contributed by atoms with Crippen molar-refractivity contribution in [2.24, 2.45) is 0 Å². The maximum absolute atomic E-state index is 10.3. The van der Waals surface area contributed by atoms with Crippen LogP contribution in [0.3, 0.4) is 0 Å². The Morgan fingerprint density at radius 3 is 2.83 bits per heavy atom. The van der Waals surface area contributed by atoms with Gasteiger partial charge in [-0.1, -0.05) is 18.7 Å². The summed E-state index contributed by atoms with van der Waals surface area (Å²) < 4.78 is 4.38. The average Bonchev–Trinajstić information content (AvgIpc) is 2.05. The van der Waals surface area contributed by atoms with Gasteiger partial charge in [-0.3, -0.25) is 10.4 Å². The van der Waals surface area contributed by atoms with E-state index in [-0.39, 0.29) is 5.90 Å². The standard InChI is InChI=1S/C7H6N2O2S/c8-6(11-7(10)12)5-3-1-2-4-9-5/h1-4,8H,(H,10,12). The first-order chi connectivity index (χ1) is 5.70. The fraction of sp³-hybridized carbons (Fsp3) is 0. The van der Waals surface area contributed by atoms with Crippen LogP contribution in [0.15, 0.2) is 24.4 Å². The lowest BCUT2D eigenvalue weighted by atomic mass is 10.3. The van der Waals surface area contributed by atoms with Crippen molar-refractivity contribution in [3.63, 3.8) is 0 Å². The van der Waals surface area contributed by atoms with Crippen LogP contribution in [0.1, 0.15) is 5.69 Å². The molecule has 1 rings (SSSR count). The molecule has 0 unspecified atom stereocenters. The van der Waals surface area contributed by atoms with Gasteiger partial charge in [-0.05, 0) is 12.1 Å². The van der Waals surface area contributed by atoms with Crippen LogP contribution < -0.4 is 0 Å². The molecule has 0 aliphatic heterocycles. The Hall–Kier alpha value is -1.36. The van der Waals surface area contributed by atoms with Crippen LogP contribution in [0.2, 0.25) is 0 Å². The molecule has 0 amide bonds. The predicted molar refractivity (Wildman–Crippen MR) is 46.5 cm³/mol. The molecule has 1 N–H and O–H groups in total. The van der Waals surface area contributed by atoms with Crippen LogP contribution in [-0.4, -0.2) is 16.2 Å². The van der Waals surface area contributed by atoms with E-state index in [0.717, 1.165) is 0 Å². The normalized spacial score (nSPS) is 9.08. The number of aromatic nitrogens is 1. The number of thiol groups is 1. The number of carbonyl (C=O) groups excluding carboxylic acids is 1. The van der Waals surface area contributed by atoms with Gasteiger partial charge in [-0.15, -0.1) is 0 Å². The quantitative estimate of drug-likeness (QED) is 0.299. The van der Waals surface area contributed by atoms with Crippen molar-refractivity contribution in [2.45, 2.75) is 0 Å². The van der Waals surface area contributed by atoms with Gasteiger partial charge in [0.25, 0.3) is 0 Å². The van der Waals surface area contributed by atoms with Gasteiger partial charge in [-0.25, -0.2) is 4.79 Å². The monoisotopic (exact) mass is 182 g/mol. The zero-order chi connectivity index (χ0) is 8.97. The minimum atomic E-state index is -0.814. The van der Waals surface area contributed by atoms with Crippen molar-refractivity contribution < 1.29 is 9.53 Å². The van der Waals surface area contributed by atoms with Crippen molar-refractivity contribution in [1.29, 1.82) is 5.41 Å². The number of ether oxygens (including phenoxy) is 1. The highest BCUT2D eigenvalue weighted by Gasteiger charge is 2.05. The van der Waals surface area contributed by atoms with E-state index >= 15 is 0 Å². The highest BCUT2D eigenvalue weighted by Crippen LogP contribution is 1.98. The maximum atomic E-state index is 10.3. The molecule has 1 heterocycles. The zero-order valence-electron chi connectivity index (χ0n) is 6.02. The van der Waals surface area contributed by atoms with Crippen molar-refractivity contribution in [2.75, 3.05) is 0 Å². The Kier molecular flexibility index (Phi) is 2.82. The molecule has 0 radical (unpaired) electrons. The lowest BCUT2D eigenvalue weighted by molar-refractivity contribution is 0.224. The van der Waals surface area contributed by atoms with Gasteiger partial charge < -0.3 is 4.74 Å². The number of hydrogen-bond acceptors (Lipinski definition) is 4. The highest BCUT2D eigenvalue weighted by atomic mass is 32.1. The molecule has 62 valence electrons. The van der Waals surface area contributed by atoms with Crippen LogP contribution in [-0.2, 0) is 4.74 Å². The second-order valence-corrected chi connectivity index (χ2v) is 2.28. The first kappa shape index (κ1) is 8.73. The van der Waals surface area contributed by atoms with Crippen molar-refractivity contribution in [1.82, 2.24) is 4.98 Å². The molecule has 0 spiro atoms. The maximum Gasteiger partial charge on any atom is 0.370 e. The molecule has 1 aromatic heterocycles. The van der Waals surface area contributed by atoms with E-state index in [9.17, 15) is 4.79 Å². The number of hydrogen-bond donors (Lipinski definition) is 2. The van der Waals surface area contributed by atoms with Crippen molar-refractivity contribution in [3.8, 4) is 0 Å². The molecule has 0 aliphatic carbocycles. The summed E-state index contributed by atoms with van der Waals surface area (Å²) in [6, 6.07) is 4.97. The molecule has 0 aliphatic rings. The summed E-state index contributed by atoms with van der Waals surface area (Å²) in [5.41, 5.74) is 0.305. The van der Waals surface area contributed by atoms with Crippen LogP contribution in [0.4, 0.5) is 4.79 Å². The van der Waals surface area contributed by atoms with E-state index in [4.69, 9.17) is 5.41 Å². The van der Waals surface area contributed by atoms with E-state index in [0.29, 0.717) is 5.69 Å². The molecule has 12 heavy (non-hydrogen) atoms. The Morgan fingerprint density at radius 1 is 1.58 bits per heavy atom. The van der Waals surface area contributed by atoms with Gasteiger partial charge in [0.1, 0.15) is 5.69 Å². The molecular weight excluding hydrogens is 176 g/mol. The first-order valence-electron chi connectivity index (χ1n) is 3.11. The fourth-order valence-electron chi connectivity index (χ4n) is 0.637. The van der Waals surface area contributed by atoms with E-state index in [1.165, 1.54) is 6.20 Å². The smallest absolute Gasteiger partial charge is 0.370 e. The third kappa shape index (κ3) is 2.35. The van der Waals surface area contributed by atoms with Crippen LogP contribution in [0, 0.1) is 5.41 Å². The van der Waals surface area contributed by atoms with E-state index in [1.807, 2.05) is 0 Å². The minimum Gasteiger partial charge on any atom is -0.398 e. The minimum absolute atomic E-state index is 0.296. The molecule has 0 saturated carbocycles. The number of carbonyl (C=O) groups is 1. The van der Waals surface area contributed by atoms with E-state index in [1.54, 1.807) is 18.2 Å². The SMILES string of the molecule is N=C(OC(=O)S)c1ccccn1. The molecule has 0 aromatic carbocycles. The number of rotatable bonds is 1. The van der Waals surface area contributed by atoms with Gasteiger partial charge in [0.05, 0.1) is 0 Å². The van der Waals surface area contributed by atoms with Gasteiger partial charge in [0.15, 0.2) is 0 Å². The fourth-order valence-corrected chi connectivity index (χ4v) is 0.728. The van der Waals surface area contributed by atoms with Crippen LogP contribution >= 0.6 is 12.6 Å². The Labute approximate surface area is 74.5 Å². The predicted octanol–water partition coefficient (Wildman–Crippen LogP) is 1.47. The molecule has 4 nitrogen and oxygen atoms in total. The summed E-state index contributed by atoms with van der Waals surface area (Å²) >= 11 is 3.36. The summed E-state index contributed by atoms with van der Waals surface area (Å²) in [6.45, 7) is 0. The topological polar surface area (TPSA) is 63.0 Å². The van der Waals surface area contributed by atoms with Gasteiger partial charge in [0.2, 0.25) is 5.90 Å². The Morgan fingerprint density at radius 2 is 2.33 bits per heavy atom. The van der Waals surface area contributed by atoms with Gasteiger partial charge >= 0.3 is 5.30 Å². The van der Waals surface area contributed by atoms with Crippen LogP contribution in [0.25, 0.3) is 0 Å². The summed E-state index contributed by atoms with van der Waals surface area (Å²) in [5, 5.41) is 6.39. The third-order valence-corrected chi connectivity index (χ3v) is 1.18. The Balaban J connectivity index is 2.73. The number of pyridine rings is 1. The molecule has 0 saturated heterocycles. The second kappa shape index (κ2) is 3.87.